The smallest absolute Gasteiger partial charge is 0.147 e. The van der Waals surface area contributed by atoms with Crippen LogP contribution >= 0.6 is 0 Å². The summed E-state index contributed by atoms with van der Waals surface area (Å²) in [4.78, 5) is 0. The molecule has 4 heteroatoms. The molecule has 3 nitrogen and oxygen atoms in total. The number of aliphatic hydroxyl groups is 1. The van der Waals surface area contributed by atoms with Gasteiger partial charge >= 0.3 is 0 Å². The van der Waals surface area contributed by atoms with Crippen LogP contribution in [0.2, 0.25) is 0 Å². The van der Waals surface area contributed by atoms with Crippen molar-refractivity contribution in [1.29, 1.82) is 0 Å². The van der Waals surface area contributed by atoms with E-state index in [0.29, 0.717) is 12.8 Å². The van der Waals surface area contributed by atoms with E-state index in [0.717, 1.165) is 0 Å². The van der Waals surface area contributed by atoms with Crippen LogP contribution in [0, 0.1) is 0 Å². The van der Waals surface area contributed by atoms with Crippen molar-refractivity contribution in [2.24, 2.45) is 0 Å². The SMILES string of the molecule is CCC(C)(O)CCS(C)(=O)=O. The fourth-order valence-corrected chi connectivity index (χ4v) is 1.39. The predicted molar refractivity (Wildman–Crippen MR) is 45.2 cm³/mol. The molecule has 1 atom stereocenters. The summed E-state index contributed by atoms with van der Waals surface area (Å²) in [6, 6.07) is 0. The normalized spacial score (nSPS) is 17.8. The van der Waals surface area contributed by atoms with Gasteiger partial charge in [-0.25, -0.2) is 8.42 Å². The molecule has 1 N–H and O–H groups in total. The van der Waals surface area contributed by atoms with E-state index in [-0.39, 0.29) is 5.75 Å². The molecule has 0 aromatic heterocycles. The molecule has 0 aromatic rings. The minimum atomic E-state index is -2.93. The van der Waals surface area contributed by atoms with Gasteiger partial charge < -0.3 is 5.11 Å². The van der Waals surface area contributed by atoms with E-state index >= 15 is 0 Å². The van der Waals surface area contributed by atoms with E-state index in [1.807, 2.05) is 6.92 Å². The summed E-state index contributed by atoms with van der Waals surface area (Å²) in [6.45, 7) is 3.49. The summed E-state index contributed by atoms with van der Waals surface area (Å²) < 4.78 is 21.4. The Morgan fingerprint density at radius 3 is 2.18 bits per heavy atom. The van der Waals surface area contributed by atoms with Gasteiger partial charge in [0, 0.05) is 6.26 Å². The standard InChI is InChI=1S/C7H16O3S/c1-4-7(2,8)5-6-11(3,9)10/h8H,4-6H2,1-3H3. The molecule has 11 heavy (non-hydrogen) atoms. The minimum absolute atomic E-state index is 0.0633. The van der Waals surface area contributed by atoms with E-state index in [1.165, 1.54) is 6.26 Å². The van der Waals surface area contributed by atoms with Crippen molar-refractivity contribution < 1.29 is 13.5 Å². The molecule has 0 rings (SSSR count). The van der Waals surface area contributed by atoms with Crippen molar-refractivity contribution in [3.63, 3.8) is 0 Å². The molecule has 0 radical (unpaired) electrons. The van der Waals surface area contributed by atoms with Crippen molar-refractivity contribution in [2.45, 2.75) is 32.3 Å². The molecule has 0 aliphatic rings. The maximum Gasteiger partial charge on any atom is 0.147 e. The second-order valence-electron chi connectivity index (χ2n) is 3.23. The Kier molecular flexibility index (Phi) is 3.51. The van der Waals surface area contributed by atoms with E-state index < -0.39 is 15.4 Å². The highest BCUT2D eigenvalue weighted by Crippen LogP contribution is 2.13. The molecule has 0 bridgehead atoms. The monoisotopic (exact) mass is 180 g/mol. The topological polar surface area (TPSA) is 54.4 Å². The Morgan fingerprint density at radius 1 is 1.45 bits per heavy atom. The largest absolute Gasteiger partial charge is 0.390 e. The Bertz CT molecular complexity index is 204. The van der Waals surface area contributed by atoms with Crippen LogP contribution in [0.15, 0.2) is 0 Å². The van der Waals surface area contributed by atoms with E-state index in [9.17, 15) is 13.5 Å². The van der Waals surface area contributed by atoms with Gasteiger partial charge in [-0.3, -0.25) is 0 Å². The van der Waals surface area contributed by atoms with Crippen molar-refractivity contribution >= 4 is 9.84 Å². The maximum atomic E-state index is 10.7. The Hall–Kier alpha value is -0.0900. The van der Waals surface area contributed by atoms with Crippen LogP contribution in [0.4, 0.5) is 0 Å². The summed E-state index contributed by atoms with van der Waals surface area (Å²) in [6.07, 6.45) is 2.09. The minimum Gasteiger partial charge on any atom is -0.390 e. The molecule has 0 aliphatic carbocycles. The van der Waals surface area contributed by atoms with Gasteiger partial charge in [-0.2, -0.15) is 0 Å². The molecule has 0 saturated heterocycles. The molecule has 0 spiro atoms. The van der Waals surface area contributed by atoms with E-state index in [2.05, 4.69) is 0 Å². The molecule has 0 saturated carbocycles. The third-order valence-corrected chi connectivity index (χ3v) is 2.72. The fourth-order valence-electron chi connectivity index (χ4n) is 0.582. The lowest BCUT2D eigenvalue weighted by atomic mass is 10.0. The zero-order valence-electron chi connectivity index (χ0n) is 7.29. The highest BCUT2D eigenvalue weighted by Gasteiger charge is 2.19. The molecule has 0 amide bonds. The van der Waals surface area contributed by atoms with Crippen LogP contribution in [0.3, 0.4) is 0 Å². The first-order valence-corrected chi connectivity index (χ1v) is 5.73. The number of rotatable bonds is 4. The second-order valence-corrected chi connectivity index (χ2v) is 5.49. The van der Waals surface area contributed by atoms with E-state index in [4.69, 9.17) is 0 Å². The van der Waals surface area contributed by atoms with Gasteiger partial charge in [0.15, 0.2) is 0 Å². The number of hydrogen-bond donors (Lipinski definition) is 1. The van der Waals surface area contributed by atoms with Crippen molar-refractivity contribution in [1.82, 2.24) is 0 Å². The lowest BCUT2D eigenvalue weighted by molar-refractivity contribution is 0.0529. The van der Waals surface area contributed by atoms with Gasteiger partial charge in [0.05, 0.1) is 11.4 Å². The Balaban J connectivity index is 3.90. The van der Waals surface area contributed by atoms with Crippen LogP contribution in [-0.4, -0.2) is 31.1 Å². The fraction of sp³-hybridized carbons (Fsp3) is 1.00. The molecular formula is C7H16O3S. The third kappa shape index (κ3) is 6.31. The van der Waals surface area contributed by atoms with E-state index in [1.54, 1.807) is 6.92 Å². The highest BCUT2D eigenvalue weighted by molar-refractivity contribution is 7.90. The summed E-state index contributed by atoms with van der Waals surface area (Å²) in [5.74, 6) is 0.0633. The second kappa shape index (κ2) is 3.54. The summed E-state index contributed by atoms with van der Waals surface area (Å²) in [5.41, 5.74) is -0.830. The summed E-state index contributed by atoms with van der Waals surface area (Å²) in [7, 11) is -2.93. The first-order valence-electron chi connectivity index (χ1n) is 3.67. The molecular weight excluding hydrogens is 164 g/mol. The Labute approximate surface area is 68.3 Å². The average Bonchev–Trinajstić information content (AvgIpc) is 1.83. The zero-order chi connectivity index (χ0) is 9.12. The molecule has 0 fully saturated rings. The first kappa shape index (κ1) is 10.9. The van der Waals surface area contributed by atoms with Gasteiger partial charge in [0.25, 0.3) is 0 Å². The van der Waals surface area contributed by atoms with Crippen LogP contribution < -0.4 is 0 Å². The van der Waals surface area contributed by atoms with Crippen molar-refractivity contribution in [2.75, 3.05) is 12.0 Å². The highest BCUT2D eigenvalue weighted by atomic mass is 32.2. The molecule has 0 heterocycles. The van der Waals surface area contributed by atoms with Crippen LogP contribution in [0.1, 0.15) is 26.7 Å². The quantitative estimate of drug-likeness (QED) is 0.688. The zero-order valence-corrected chi connectivity index (χ0v) is 8.11. The van der Waals surface area contributed by atoms with Crippen LogP contribution in [0.25, 0.3) is 0 Å². The lowest BCUT2D eigenvalue weighted by Gasteiger charge is -2.19. The predicted octanol–water partition coefficient (Wildman–Crippen LogP) is 0.582. The number of sulfone groups is 1. The molecule has 68 valence electrons. The average molecular weight is 180 g/mol. The van der Waals surface area contributed by atoms with Crippen molar-refractivity contribution in [3.8, 4) is 0 Å². The molecule has 1 unspecified atom stereocenters. The number of hydrogen-bond acceptors (Lipinski definition) is 3. The van der Waals surface area contributed by atoms with Gasteiger partial charge in [-0.05, 0) is 19.8 Å². The Morgan fingerprint density at radius 2 is 1.91 bits per heavy atom. The van der Waals surface area contributed by atoms with Crippen molar-refractivity contribution in [3.05, 3.63) is 0 Å². The lowest BCUT2D eigenvalue weighted by Crippen LogP contribution is -2.26. The van der Waals surface area contributed by atoms with Gasteiger partial charge in [0.2, 0.25) is 0 Å². The van der Waals surface area contributed by atoms with Crippen LogP contribution in [-0.2, 0) is 9.84 Å². The first-order chi connectivity index (χ1) is 4.77. The van der Waals surface area contributed by atoms with Gasteiger partial charge in [-0.1, -0.05) is 6.92 Å². The summed E-state index contributed by atoms with van der Waals surface area (Å²) in [5, 5.41) is 9.42. The van der Waals surface area contributed by atoms with Gasteiger partial charge in [0.1, 0.15) is 9.84 Å². The van der Waals surface area contributed by atoms with Crippen LogP contribution in [0.5, 0.6) is 0 Å². The molecule has 0 aliphatic heterocycles. The molecule has 0 aromatic carbocycles. The third-order valence-electron chi connectivity index (χ3n) is 1.77. The van der Waals surface area contributed by atoms with Gasteiger partial charge in [-0.15, -0.1) is 0 Å². The maximum absolute atomic E-state index is 10.7. The summed E-state index contributed by atoms with van der Waals surface area (Å²) >= 11 is 0.